The Labute approximate surface area is 208 Å². The molecule has 182 valence electrons. The van der Waals surface area contributed by atoms with Gasteiger partial charge >= 0.3 is 5.97 Å². The molecule has 0 heterocycles. The third-order valence-electron chi connectivity index (χ3n) is 9.80. The zero-order valence-corrected chi connectivity index (χ0v) is 21.7. The van der Waals surface area contributed by atoms with Crippen LogP contribution in [0.2, 0.25) is 0 Å². The van der Waals surface area contributed by atoms with Gasteiger partial charge in [-0.25, -0.2) is 4.79 Å². The maximum atomic E-state index is 13.1. The predicted molar refractivity (Wildman–Crippen MR) is 138 cm³/mol. The van der Waals surface area contributed by atoms with E-state index in [0.717, 1.165) is 37.0 Å². The van der Waals surface area contributed by atoms with E-state index in [1.807, 2.05) is 30.8 Å². The molecule has 4 heteroatoms. The van der Waals surface area contributed by atoms with E-state index in [4.69, 9.17) is 4.74 Å². The molecule has 5 atom stereocenters. The Hall–Kier alpha value is -1.81. The largest absolute Gasteiger partial charge is 0.463 e. The number of hydrogen-bond donors (Lipinski definition) is 0. The Morgan fingerprint density at radius 2 is 1.79 bits per heavy atom. The first-order chi connectivity index (χ1) is 16.4. The molecule has 0 bridgehead atoms. The molecule has 3 fully saturated rings. The van der Waals surface area contributed by atoms with Crippen LogP contribution in [0.4, 0.5) is 0 Å². The van der Waals surface area contributed by atoms with Gasteiger partial charge in [-0.3, -0.25) is 4.79 Å². The van der Waals surface area contributed by atoms with Crippen LogP contribution in [0.5, 0.6) is 0 Å². The van der Waals surface area contributed by atoms with Crippen molar-refractivity contribution in [3.63, 3.8) is 0 Å². The number of ketones is 1. The minimum Gasteiger partial charge on any atom is -0.463 e. The molecule has 3 nitrogen and oxygen atoms in total. The molecule has 0 N–H and O–H groups in total. The fraction of sp³-hybridized carbons (Fsp3) is 0.600. The number of carbonyl (C=O) groups is 2. The van der Waals surface area contributed by atoms with Crippen molar-refractivity contribution in [1.82, 2.24) is 0 Å². The fourth-order valence-corrected chi connectivity index (χ4v) is 9.07. The molecule has 34 heavy (non-hydrogen) atoms. The van der Waals surface area contributed by atoms with Crippen LogP contribution in [-0.2, 0) is 14.3 Å². The van der Waals surface area contributed by atoms with Crippen molar-refractivity contribution in [2.75, 3.05) is 12.4 Å². The number of ether oxygens (including phenoxy) is 1. The van der Waals surface area contributed by atoms with E-state index in [0.29, 0.717) is 36.6 Å². The summed E-state index contributed by atoms with van der Waals surface area (Å²) in [5.74, 6) is 3.01. The summed E-state index contributed by atoms with van der Waals surface area (Å²) < 4.78 is 5.24. The molecule has 1 aromatic rings. The number of fused-ring (bicyclic) bond motifs is 5. The highest BCUT2D eigenvalue weighted by Crippen LogP contribution is 2.67. The second kappa shape index (κ2) is 9.33. The van der Waals surface area contributed by atoms with Crippen molar-refractivity contribution in [2.24, 2.45) is 28.6 Å². The summed E-state index contributed by atoms with van der Waals surface area (Å²) in [6.45, 7) is 7.19. The van der Waals surface area contributed by atoms with Gasteiger partial charge < -0.3 is 4.74 Å². The van der Waals surface area contributed by atoms with Crippen LogP contribution >= 0.6 is 11.8 Å². The highest BCUT2D eigenvalue weighted by atomic mass is 32.2. The van der Waals surface area contributed by atoms with E-state index < -0.39 is 0 Å². The van der Waals surface area contributed by atoms with Gasteiger partial charge in [0.05, 0.1) is 6.61 Å². The van der Waals surface area contributed by atoms with E-state index >= 15 is 0 Å². The van der Waals surface area contributed by atoms with Crippen LogP contribution in [0.25, 0.3) is 0 Å². The van der Waals surface area contributed by atoms with E-state index in [1.54, 1.807) is 0 Å². The number of allylic oxidation sites excluding steroid dienone is 2. The molecule has 4 aliphatic carbocycles. The standard InChI is InChI=1S/C30H38O3S/c1-4-33-28(32)18-20-10-12-24-22-11-13-25-23(19-34-21-8-6-5-7-9-21)27(31)15-17-30(25,3)26(22)14-16-29(20,24)2/h5-9,18,22,24,26H,4,10-17,19H2,1-3H3/t22-,24-,26-,29+,30-/m0/s1. The number of hydrogen-bond acceptors (Lipinski definition) is 4. The lowest BCUT2D eigenvalue weighted by atomic mass is 9.46. The lowest BCUT2D eigenvalue weighted by molar-refractivity contribution is -0.137. The number of Topliss-reactive ketones (excluding diaryl/α,β-unsaturated/α-hetero) is 1. The van der Waals surface area contributed by atoms with Crippen LogP contribution in [0, 0.1) is 28.6 Å². The number of esters is 1. The fourth-order valence-electron chi connectivity index (χ4n) is 8.08. The van der Waals surface area contributed by atoms with Crippen LogP contribution < -0.4 is 0 Å². The van der Waals surface area contributed by atoms with Crippen LogP contribution in [0.15, 0.2) is 58.0 Å². The molecule has 0 radical (unpaired) electrons. The molecule has 1 aromatic carbocycles. The van der Waals surface area contributed by atoms with Gasteiger partial charge in [0.1, 0.15) is 0 Å². The number of thioether (sulfide) groups is 1. The first-order valence-corrected chi connectivity index (χ1v) is 14.2. The molecule has 0 spiro atoms. The zero-order chi connectivity index (χ0) is 23.9. The van der Waals surface area contributed by atoms with Gasteiger partial charge in [-0.2, -0.15) is 0 Å². The second-order valence-electron chi connectivity index (χ2n) is 11.2. The monoisotopic (exact) mass is 478 g/mol. The Bertz CT molecular complexity index is 1020. The van der Waals surface area contributed by atoms with Crippen LogP contribution in [-0.4, -0.2) is 24.1 Å². The molecule has 0 unspecified atom stereocenters. The first kappa shape index (κ1) is 23.9. The third kappa shape index (κ3) is 4.00. The Morgan fingerprint density at radius 1 is 1.03 bits per heavy atom. The summed E-state index contributed by atoms with van der Waals surface area (Å²) in [5.41, 5.74) is 4.21. The Balaban J connectivity index is 1.40. The van der Waals surface area contributed by atoms with Gasteiger partial charge in [0, 0.05) is 28.7 Å². The Morgan fingerprint density at radius 3 is 2.56 bits per heavy atom. The van der Waals surface area contributed by atoms with Crippen molar-refractivity contribution in [2.45, 2.75) is 77.0 Å². The maximum Gasteiger partial charge on any atom is 0.330 e. The summed E-state index contributed by atoms with van der Waals surface area (Å²) in [5, 5.41) is 0. The molecular weight excluding hydrogens is 440 g/mol. The molecule has 0 amide bonds. The molecule has 0 aliphatic heterocycles. The molecule has 3 saturated carbocycles. The maximum absolute atomic E-state index is 13.1. The second-order valence-corrected chi connectivity index (χ2v) is 12.3. The summed E-state index contributed by atoms with van der Waals surface area (Å²) in [6.07, 6.45) is 10.3. The molecule has 0 saturated heterocycles. The average Bonchev–Trinajstić information content (AvgIpc) is 3.15. The lowest BCUT2D eigenvalue weighted by Gasteiger charge is -2.58. The van der Waals surface area contributed by atoms with Gasteiger partial charge in [-0.15, -0.1) is 11.8 Å². The highest BCUT2D eigenvalue weighted by Gasteiger charge is 2.58. The highest BCUT2D eigenvalue weighted by molar-refractivity contribution is 7.99. The smallest absolute Gasteiger partial charge is 0.330 e. The molecule has 4 aliphatic rings. The zero-order valence-electron chi connectivity index (χ0n) is 20.9. The van der Waals surface area contributed by atoms with Crippen LogP contribution in [0.3, 0.4) is 0 Å². The summed E-state index contributed by atoms with van der Waals surface area (Å²) in [7, 11) is 0. The lowest BCUT2D eigenvalue weighted by Crippen LogP contribution is -2.50. The summed E-state index contributed by atoms with van der Waals surface area (Å²) >= 11 is 1.81. The van der Waals surface area contributed by atoms with E-state index in [-0.39, 0.29) is 16.8 Å². The van der Waals surface area contributed by atoms with Gasteiger partial charge in [0.15, 0.2) is 5.78 Å². The van der Waals surface area contributed by atoms with Crippen molar-refractivity contribution in [3.8, 4) is 0 Å². The van der Waals surface area contributed by atoms with Crippen LogP contribution in [0.1, 0.15) is 72.1 Å². The van der Waals surface area contributed by atoms with Gasteiger partial charge in [-0.05, 0) is 92.6 Å². The van der Waals surface area contributed by atoms with Crippen molar-refractivity contribution in [3.05, 3.63) is 53.1 Å². The minimum absolute atomic E-state index is 0.127. The van der Waals surface area contributed by atoms with E-state index in [1.165, 1.54) is 35.3 Å². The predicted octanol–water partition coefficient (Wildman–Crippen LogP) is 7.17. The number of rotatable bonds is 5. The number of carbonyl (C=O) groups excluding carboxylic acids is 2. The quantitative estimate of drug-likeness (QED) is 0.256. The van der Waals surface area contributed by atoms with Gasteiger partial charge in [0.2, 0.25) is 0 Å². The number of benzene rings is 1. The first-order valence-electron chi connectivity index (χ1n) is 13.2. The van der Waals surface area contributed by atoms with Crippen molar-refractivity contribution >= 4 is 23.5 Å². The minimum atomic E-state index is -0.173. The van der Waals surface area contributed by atoms with E-state index in [2.05, 4.69) is 38.1 Å². The van der Waals surface area contributed by atoms with Crippen molar-refractivity contribution < 1.29 is 14.3 Å². The van der Waals surface area contributed by atoms with Gasteiger partial charge in [0.25, 0.3) is 0 Å². The molecule has 5 rings (SSSR count). The molecule has 0 aromatic heterocycles. The molecular formula is C30H38O3S. The SMILES string of the molecule is CCOC(=O)C=C1CC[C@H]2[C@@H]3CCC4=C(CSc5ccccc5)C(=O)CC[C@]4(C)[C@H]3CC[C@]12C. The van der Waals surface area contributed by atoms with Gasteiger partial charge in [-0.1, -0.05) is 43.2 Å². The normalized spacial score (nSPS) is 36.1. The average molecular weight is 479 g/mol. The summed E-state index contributed by atoms with van der Waals surface area (Å²) in [4.78, 5) is 26.6. The van der Waals surface area contributed by atoms with E-state index in [9.17, 15) is 9.59 Å². The third-order valence-corrected chi connectivity index (χ3v) is 10.8. The Kier molecular flexibility index (Phi) is 6.56. The van der Waals surface area contributed by atoms with Crippen molar-refractivity contribution in [1.29, 1.82) is 0 Å². The topological polar surface area (TPSA) is 43.4 Å². The summed E-state index contributed by atoms with van der Waals surface area (Å²) in [6, 6.07) is 10.5.